The molecule has 1 aromatic rings. The lowest BCUT2D eigenvalue weighted by Gasteiger charge is -2.41. The highest BCUT2D eigenvalue weighted by molar-refractivity contribution is 5.40. The number of hydrogen-bond acceptors (Lipinski definition) is 3. The molecule has 116 valence electrons. The maximum absolute atomic E-state index is 5.11. The fraction of sp³-hybridized carbons (Fsp3) is 0.667. The summed E-state index contributed by atoms with van der Waals surface area (Å²) in [5.74, 6) is 0.765. The Balaban J connectivity index is 1.51. The van der Waals surface area contributed by atoms with Crippen molar-refractivity contribution in [3.8, 4) is 0 Å². The molecular weight excluding hydrogens is 260 g/mol. The van der Waals surface area contributed by atoms with Crippen molar-refractivity contribution in [1.29, 1.82) is 0 Å². The molecule has 1 aromatic carbocycles. The lowest BCUT2D eigenvalue weighted by Crippen LogP contribution is -2.48. The standard InChI is InChI=1S/C18H28N2O/c1-21-11-9-19-13-17-7-4-5-10-20(17)14-16-12-15-6-2-3-8-18(15)16/h2-3,6,8,16-17,19H,4-5,7,9-14H2,1H3. The normalized spacial score (nSPS) is 25.4. The molecule has 2 unspecified atom stereocenters. The molecule has 0 bridgehead atoms. The molecule has 3 nitrogen and oxygen atoms in total. The van der Waals surface area contributed by atoms with E-state index in [1.54, 1.807) is 18.2 Å². The molecule has 0 amide bonds. The second-order valence-corrected chi connectivity index (χ2v) is 6.44. The molecule has 1 fully saturated rings. The van der Waals surface area contributed by atoms with Gasteiger partial charge in [-0.05, 0) is 36.9 Å². The van der Waals surface area contributed by atoms with Crippen molar-refractivity contribution in [3.63, 3.8) is 0 Å². The summed E-state index contributed by atoms with van der Waals surface area (Å²) in [5, 5.41) is 3.55. The average Bonchev–Trinajstić information content (AvgIpc) is 2.50. The summed E-state index contributed by atoms with van der Waals surface area (Å²) in [5.41, 5.74) is 3.16. The van der Waals surface area contributed by atoms with Gasteiger partial charge in [0.2, 0.25) is 0 Å². The second-order valence-electron chi connectivity index (χ2n) is 6.44. The van der Waals surface area contributed by atoms with Gasteiger partial charge in [0, 0.05) is 38.7 Å². The highest BCUT2D eigenvalue weighted by Crippen LogP contribution is 2.36. The van der Waals surface area contributed by atoms with Crippen molar-refractivity contribution in [1.82, 2.24) is 10.2 Å². The van der Waals surface area contributed by atoms with Crippen LogP contribution in [0.5, 0.6) is 0 Å². The van der Waals surface area contributed by atoms with Gasteiger partial charge in [-0.15, -0.1) is 0 Å². The Morgan fingerprint density at radius 3 is 3.05 bits per heavy atom. The van der Waals surface area contributed by atoms with Gasteiger partial charge < -0.3 is 10.1 Å². The summed E-state index contributed by atoms with van der Waals surface area (Å²) in [4.78, 5) is 2.73. The van der Waals surface area contributed by atoms with Gasteiger partial charge in [0.15, 0.2) is 0 Å². The van der Waals surface area contributed by atoms with Crippen LogP contribution in [0.3, 0.4) is 0 Å². The number of hydrogen-bond donors (Lipinski definition) is 1. The first-order valence-corrected chi connectivity index (χ1v) is 8.40. The van der Waals surface area contributed by atoms with E-state index in [9.17, 15) is 0 Å². The minimum atomic E-state index is 0.711. The van der Waals surface area contributed by atoms with Crippen LogP contribution >= 0.6 is 0 Å². The van der Waals surface area contributed by atoms with Crippen LogP contribution in [0.15, 0.2) is 24.3 Å². The molecule has 1 saturated heterocycles. The molecule has 21 heavy (non-hydrogen) atoms. The molecule has 2 aliphatic rings. The number of methoxy groups -OCH3 is 1. The van der Waals surface area contributed by atoms with Gasteiger partial charge in [-0.1, -0.05) is 30.7 Å². The Morgan fingerprint density at radius 2 is 2.19 bits per heavy atom. The molecule has 0 radical (unpaired) electrons. The fourth-order valence-electron chi connectivity index (χ4n) is 3.78. The molecule has 0 spiro atoms. The van der Waals surface area contributed by atoms with Crippen molar-refractivity contribution >= 4 is 0 Å². The minimum absolute atomic E-state index is 0.711. The zero-order valence-electron chi connectivity index (χ0n) is 13.2. The van der Waals surface area contributed by atoms with E-state index < -0.39 is 0 Å². The van der Waals surface area contributed by atoms with Crippen LogP contribution in [-0.4, -0.2) is 50.8 Å². The number of piperidine rings is 1. The van der Waals surface area contributed by atoms with Gasteiger partial charge in [-0.2, -0.15) is 0 Å². The van der Waals surface area contributed by atoms with E-state index >= 15 is 0 Å². The molecule has 0 aromatic heterocycles. The van der Waals surface area contributed by atoms with Crippen LogP contribution in [0.4, 0.5) is 0 Å². The summed E-state index contributed by atoms with van der Waals surface area (Å²) in [6, 6.07) is 9.66. The van der Waals surface area contributed by atoms with E-state index in [2.05, 4.69) is 34.5 Å². The first kappa shape index (κ1) is 15.0. The highest BCUT2D eigenvalue weighted by atomic mass is 16.5. The fourth-order valence-corrected chi connectivity index (χ4v) is 3.78. The summed E-state index contributed by atoms with van der Waals surface area (Å²) < 4.78 is 5.11. The number of nitrogens with one attached hydrogen (secondary N) is 1. The predicted octanol–water partition coefficient (Wildman–Crippen LogP) is 2.42. The van der Waals surface area contributed by atoms with Crippen molar-refractivity contribution < 1.29 is 4.74 Å². The molecule has 1 heterocycles. The Morgan fingerprint density at radius 1 is 1.29 bits per heavy atom. The zero-order valence-corrected chi connectivity index (χ0v) is 13.2. The molecule has 1 aliphatic heterocycles. The van der Waals surface area contributed by atoms with E-state index in [4.69, 9.17) is 4.74 Å². The van der Waals surface area contributed by atoms with E-state index in [0.29, 0.717) is 6.04 Å². The molecule has 1 aliphatic carbocycles. The lowest BCUT2D eigenvalue weighted by atomic mass is 9.77. The Labute approximate surface area is 128 Å². The van der Waals surface area contributed by atoms with Crippen LogP contribution in [0, 0.1) is 0 Å². The van der Waals surface area contributed by atoms with E-state index in [-0.39, 0.29) is 0 Å². The quantitative estimate of drug-likeness (QED) is 0.780. The summed E-state index contributed by atoms with van der Waals surface area (Å²) >= 11 is 0. The zero-order chi connectivity index (χ0) is 14.5. The van der Waals surface area contributed by atoms with Crippen molar-refractivity contribution in [2.24, 2.45) is 0 Å². The maximum Gasteiger partial charge on any atom is 0.0587 e. The van der Waals surface area contributed by atoms with E-state index in [0.717, 1.165) is 25.6 Å². The molecule has 1 N–H and O–H groups in total. The SMILES string of the molecule is COCCNCC1CCCCN1CC1Cc2ccccc21. The van der Waals surface area contributed by atoms with Crippen molar-refractivity contribution in [2.75, 3.05) is 39.9 Å². The number of ether oxygens (including phenoxy) is 1. The van der Waals surface area contributed by atoms with Crippen LogP contribution in [-0.2, 0) is 11.2 Å². The third kappa shape index (κ3) is 3.65. The summed E-state index contributed by atoms with van der Waals surface area (Å²) in [6.45, 7) is 5.40. The van der Waals surface area contributed by atoms with E-state index in [1.807, 2.05) is 0 Å². The molecule has 2 atom stereocenters. The molecule has 3 rings (SSSR count). The van der Waals surface area contributed by atoms with Crippen LogP contribution < -0.4 is 5.32 Å². The first-order chi connectivity index (χ1) is 10.4. The molecule has 0 saturated carbocycles. The predicted molar refractivity (Wildman–Crippen MR) is 86.8 cm³/mol. The van der Waals surface area contributed by atoms with Gasteiger partial charge in [-0.3, -0.25) is 4.90 Å². The minimum Gasteiger partial charge on any atom is -0.383 e. The van der Waals surface area contributed by atoms with Crippen LogP contribution in [0.2, 0.25) is 0 Å². The number of nitrogens with zero attached hydrogens (tertiary/aromatic N) is 1. The Bertz CT molecular complexity index is 449. The highest BCUT2D eigenvalue weighted by Gasteiger charge is 2.30. The number of likely N-dealkylation sites (tertiary alicyclic amines) is 1. The van der Waals surface area contributed by atoms with Crippen molar-refractivity contribution in [3.05, 3.63) is 35.4 Å². The van der Waals surface area contributed by atoms with Gasteiger partial charge in [0.25, 0.3) is 0 Å². The number of benzene rings is 1. The average molecular weight is 288 g/mol. The largest absolute Gasteiger partial charge is 0.383 e. The van der Waals surface area contributed by atoms with Crippen molar-refractivity contribution in [2.45, 2.75) is 37.6 Å². The molecule has 3 heteroatoms. The van der Waals surface area contributed by atoms with Gasteiger partial charge in [0.1, 0.15) is 0 Å². The van der Waals surface area contributed by atoms with Gasteiger partial charge in [0.05, 0.1) is 6.61 Å². The van der Waals surface area contributed by atoms with Crippen LogP contribution in [0.25, 0.3) is 0 Å². The monoisotopic (exact) mass is 288 g/mol. The van der Waals surface area contributed by atoms with Gasteiger partial charge >= 0.3 is 0 Å². The molecular formula is C18H28N2O. The second kappa shape index (κ2) is 7.39. The van der Waals surface area contributed by atoms with E-state index in [1.165, 1.54) is 38.8 Å². The third-order valence-corrected chi connectivity index (χ3v) is 5.03. The number of fused-ring (bicyclic) bond motifs is 1. The smallest absolute Gasteiger partial charge is 0.0587 e. The first-order valence-electron chi connectivity index (χ1n) is 8.40. The number of rotatable bonds is 7. The Kier molecular flexibility index (Phi) is 5.28. The van der Waals surface area contributed by atoms with Gasteiger partial charge in [-0.25, -0.2) is 0 Å². The topological polar surface area (TPSA) is 24.5 Å². The lowest BCUT2D eigenvalue weighted by molar-refractivity contribution is 0.129. The summed E-state index contributed by atoms with van der Waals surface area (Å²) in [6.07, 6.45) is 5.36. The third-order valence-electron chi connectivity index (χ3n) is 5.03. The summed E-state index contributed by atoms with van der Waals surface area (Å²) in [7, 11) is 1.77. The maximum atomic E-state index is 5.11. The van der Waals surface area contributed by atoms with Crippen LogP contribution in [0.1, 0.15) is 36.3 Å². The Hall–Kier alpha value is -0.900.